The van der Waals surface area contributed by atoms with Crippen LogP contribution in [0.3, 0.4) is 0 Å². The van der Waals surface area contributed by atoms with E-state index in [-0.39, 0.29) is 11.4 Å². The summed E-state index contributed by atoms with van der Waals surface area (Å²) < 4.78 is 5.34. The average Bonchev–Trinajstić information content (AvgIpc) is 2.39. The maximum Gasteiger partial charge on any atom is 0.253 e. The number of rotatable bonds is 3. The Morgan fingerprint density at radius 1 is 1.37 bits per heavy atom. The fourth-order valence-electron chi connectivity index (χ4n) is 2.04. The molecule has 104 valence electrons. The number of ether oxygens (including phenoxy) is 1. The summed E-state index contributed by atoms with van der Waals surface area (Å²) >= 11 is 15.4. The molecule has 1 fully saturated rings. The SMILES string of the molecule is O=C(NC1(CBr)CCOCC1)c1ccc(Cl)cc1Cl. The molecule has 0 aliphatic carbocycles. The van der Waals surface area contributed by atoms with Crippen LogP contribution in [-0.4, -0.2) is 30.0 Å². The standard InChI is InChI=1S/C13H14BrCl2NO2/c14-8-13(3-5-19-6-4-13)17-12(18)10-2-1-9(15)7-11(10)16/h1-2,7H,3-6,8H2,(H,17,18). The average molecular weight is 367 g/mol. The number of alkyl halides is 1. The maximum atomic E-state index is 12.3. The van der Waals surface area contributed by atoms with E-state index in [2.05, 4.69) is 21.2 Å². The van der Waals surface area contributed by atoms with Crippen molar-refractivity contribution < 1.29 is 9.53 Å². The highest BCUT2D eigenvalue weighted by Gasteiger charge is 2.33. The van der Waals surface area contributed by atoms with Gasteiger partial charge in [-0.15, -0.1) is 0 Å². The molecule has 1 aliphatic rings. The van der Waals surface area contributed by atoms with E-state index >= 15 is 0 Å². The lowest BCUT2D eigenvalue weighted by atomic mass is 9.92. The maximum absolute atomic E-state index is 12.3. The van der Waals surface area contributed by atoms with E-state index in [0.29, 0.717) is 34.2 Å². The quantitative estimate of drug-likeness (QED) is 0.829. The number of nitrogens with one attached hydrogen (secondary N) is 1. The Balaban J connectivity index is 2.15. The minimum atomic E-state index is -0.266. The van der Waals surface area contributed by atoms with Gasteiger partial charge in [0.2, 0.25) is 0 Å². The van der Waals surface area contributed by atoms with Crippen LogP contribution in [0, 0.1) is 0 Å². The summed E-state index contributed by atoms with van der Waals surface area (Å²) in [5.41, 5.74) is 0.177. The number of hydrogen-bond acceptors (Lipinski definition) is 2. The molecular weight excluding hydrogens is 353 g/mol. The number of benzene rings is 1. The van der Waals surface area contributed by atoms with Crippen LogP contribution in [0.4, 0.5) is 0 Å². The van der Waals surface area contributed by atoms with Crippen molar-refractivity contribution in [1.29, 1.82) is 0 Å². The zero-order valence-electron chi connectivity index (χ0n) is 10.2. The summed E-state index contributed by atoms with van der Waals surface area (Å²) in [4.78, 5) is 12.3. The number of amides is 1. The van der Waals surface area contributed by atoms with Crippen molar-refractivity contribution in [2.24, 2.45) is 0 Å². The monoisotopic (exact) mass is 365 g/mol. The van der Waals surface area contributed by atoms with Crippen LogP contribution < -0.4 is 5.32 Å². The number of hydrogen-bond donors (Lipinski definition) is 1. The van der Waals surface area contributed by atoms with Crippen LogP contribution >= 0.6 is 39.1 Å². The van der Waals surface area contributed by atoms with Crippen LogP contribution in [0.25, 0.3) is 0 Å². The molecule has 0 spiro atoms. The predicted molar refractivity (Wildman–Crippen MR) is 80.5 cm³/mol. The Labute approximate surface area is 130 Å². The zero-order chi connectivity index (χ0) is 13.9. The topological polar surface area (TPSA) is 38.3 Å². The summed E-state index contributed by atoms with van der Waals surface area (Å²) in [7, 11) is 0. The molecule has 0 atom stereocenters. The zero-order valence-corrected chi connectivity index (χ0v) is 13.3. The molecule has 0 unspecified atom stereocenters. The first-order chi connectivity index (χ1) is 9.06. The van der Waals surface area contributed by atoms with Gasteiger partial charge in [0, 0.05) is 23.6 Å². The normalized spacial score (nSPS) is 18.1. The lowest BCUT2D eigenvalue weighted by Gasteiger charge is -2.36. The number of carbonyl (C=O) groups is 1. The molecule has 0 bridgehead atoms. The summed E-state index contributed by atoms with van der Waals surface area (Å²) in [6, 6.07) is 4.87. The summed E-state index contributed by atoms with van der Waals surface area (Å²) in [5, 5.41) is 4.64. The van der Waals surface area contributed by atoms with E-state index in [1.807, 2.05) is 0 Å². The minimum Gasteiger partial charge on any atom is -0.381 e. The van der Waals surface area contributed by atoms with Gasteiger partial charge in [-0.2, -0.15) is 0 Å². The van der Waals surface area contributed by atoms with Gasteiger partial charge in [-0.1, -0.05) is 39.1 Å². The van der Waals surface area contributed by atoms with Crippen molar-refractivity contribution in [1.82, 2.24) is 5.32 Å². The second kappa shape index (κ2) is 6.44. The first-order valence-electron chi connectivity index (χ1n) is 5.98. The molecule has 19 heavy (non-hydrogen) atoms. The van der Waals surface area contributed by atoms with Crippen molar-refractivity contribution in [2.75, 3.05) is 18.5 Å². The molecular formula is C13H14BrCl2NO2. The van der Waals surface area contributed by atoms with Crippen molar-refractivity contribution in [3.63, 3.8) is 0 Å². The Kier molecular flexibility index (Phi) is 5.12. The van der Waals surface area contributed by atoms with E-state index in [4.69, 9.17) is 27.9 Å². The first-order valence-corrected chi connectivity index (χ1v) is 7.85. The Morgan fingerprint density at radius 3 is 2.63 bits per heavy atom. The molecule has 1 saturated heterocycles. The summed E-state index contributed by atoms with van der Waals surface area (Å²) in [5.74, 6) is -0.178. The van der Waals surface area contributed by atoms with E-state index in [1.165, 1.54) is 0 Å². The second-order valence-corrected chi connectivity index (χ2v) is 6.01. The second-order valence-electron chi connectivity index (χ2n) is 4.60. The van der Waals surface area contributed by atoms with Gasteiger partial charge in [-0.3, -0.25) is 4.79 Å². The van der Waals surface area contributed by atoms with Crippen molar-refractivity contribution in [3.8, 4) is 0 Å². The van der Waals surface area contributed by atoms with Crippen molar-refractivity contribution in [3.05, 3.63) is 33.8 Å². The molecule has 0 radical (unpaired) electrons. The van der Waals surface area contributed by atoms with Crippen LogP contribution in [0.1, 0.15) is 23.2 Å². The number of halogens is 3. The van der Waals surface area contributed by atoms with Gasteiger partial charge in [0.05, 0.1) is 16.1 Å². The number of carbonyl (C=O) groups excluding carboxylic acids is 1. The molecule has 3 nitrogen and oxygen atoms in total. The van der Waals surface area contributed by atoms with Crippen molar-refractivity contribution in [2.45, 2.75) is 18.4 Å². The molecule has 0 saturated carbocycles. The highest BCUT2D eigenvalue weighted by molar-refractivity contribution is 9.09. The third-order valence-electron chi connectivity index (χ3n) is 3.26. The lowest BCUT2D eigenvalue weighted by Crippen LogP contribution is -2.53. The Morgan fingerprint density at radius 2 is 2.05 bits per heavy atom. The summed E-state index contributed by atoms with van der Waals surface area (Å²) in [6.07, 6.45) is 1.57. The molecule has 2 rings (SSSR count). The smallest absolute Gasteiger partial charge is 0.253 e. The first kappa shape index (κ1) is 15.1. The molecule has 1 aromatic carbocycles. The fraction of sp³-hybridized carbons (Fsp3) is 0.462. The minimum absolute atomic E-state index is 0.178. The predicted octanol–water partition coefficient (Wildman–Crippen LogP) is 3.67. The van der Waals surface area contributed by atoms with Gasteiger partial charge >= 0.3 is 0 Å². The van der Waals surface area contributed by atoms with Gasteiger partial charge < -0.3 is 10.1 Å². The molecule has 0 aromatic heterocycles. The largest absolute Gasteiger partial charge is 0.381 e. The lowest BCUT2D eigenvalue weighted by molar-refractivity contribution is 0.0442. The third kappa shape index (κ3) is 3.63. The molecule has 1 amide bonds. The van der Waals surface area contributed by atoms with Gasteiger partial charge in [-0.25, -0.2) is 0 Å². The third-order valence-corrected chi connectivity index (χ3v) is 4.88. The van der Waals surface area contributed by atoms with Gasteiger partial charge in [-0.05, 0) is 31.0 Å². The highest BCUT2D eigenvalue weighted by Crippen LogP contribution is 2.26. The summed E-state index contributed by atoms with van der Waals surface area (Å²) in [6.45, 7) is 1.31. The van der Waals surface area contributed by atoms with Crippen molar-refractivity contribution >= 4 is 45.0 Å². The van der Waals surface area contributed by atoms with Crippen LogP contribution in [0.15, 0.2) is 18.2 Å². The van der Waals surface area contributed by atoms with E-state index in [1.54, 1.807) is 18.2 Å². The van der Waals surface area contributed by atoms with Crippen LogP contribution in [-0.2, 0) is 4.74 Å². The van der Waals surface area contributed by atoms with E-state index in [9.17, 15) is 4.79 Å². The van der Waals surface area contributed by atoms with Crippen LogP contribution in [0.5, 0.6) is 0 Å². The Hall–Kier alpha value is -0.290. The molecule has 1 aliphatic heterocycles. The molecule has 1 N–H and O–H groups in total. The van der Waals surface area contributed by atoms with Crippen LogP contribution in [0.2, 0.25) is 10.0 Å². The van der Waals surface area contributed by atoms with Gasteiger partial charge in [0.15, 0.2) is 0 Å². The molecule has 1 heterocycles. The molecule has 6 heteroatoms. The van der Waals surface area contributed by atoms with E-state index in [0.717, 1.165) is 12.8 Å². The van der Waals surface area contributed by atoms with Gasteiger partial charge in [0.25, 0.3) is 5.91 Å². The molecule has 1 aromatic rings. The highest BCUT2D eigenvalue weighted by atomic mass is 79.9. The fourth-order valence-corrected chi connectivity index (χ4v) is 3.23. The van der Waals surface area contributed by atoms with E-state index < -0.39 is 0 Å². The van der Waals surface area contributed by atoms with Gasteiger partial charge in [0.1, 0.15) is 0 Å². The Bertz CT molecular complexity index is 476.